The maximum Gasteiger partial charge on any atom is 0.573 e. The molecule has 1 aromatic heterocycles. The van der Waals surface area contributed by atoms with Gasteiger partial charge in [-0.1, -0.05) is 20.3 Å². The van der Waals surface area contributed by atoms with E-state index in [1.807, 2.05) is 6.07 Å². The number of alkyl halides is 3. The second kappa shape index (κ2) is 8.15. The van der Waals surface area contributed by atoms with Crippen LogP contribution in [0.1, 0.15) is 55.9 Å². The minimum absolute atomic E-state index is 0.174. The van der Waals surface area contributed by atoms with Crippen LogP contribution in [0.4, 0.5) is 13.2 Å². The molecule has 0 unspecified atom stereocenters. The number of benzene rings is 2. The van der Waals surface area contributed by atoms with Crippen molar-refractivity contribution in [2.24, 2.45) is 5.41 Å². The summed E-state index contributed by atoms with van der Waals surface area (Å²) in [6.45, 7) is 4.49. The van der Waals surface area contributed by atoms with Gasteiger partial charge in [-0.25, -0.2) is 9.78 Å². The predicted octanol–water partition coefficient (Wildman–Crippen LogP) is 6.53. The van der Waals surface area contributed by atoms with Crippen LogP contribution in [0, 0.1) is 5.41 Å². The van der Waals surface area contributed by atoms with Crippen LogP contribution in [0.3, 0.4) is 0 Å². The van der Waals surface area contributed by atoms with Gasteiger partial charge in [0.15, 0.2) is 0 Å². The molecule has 0 saturated heterocycles. The largest absolute Gasteiger partial charge is 0.573 e. The maximum atomic E-state index is 12.5. The van der Waals surface area contributed by atoms with Crippen LogP contribution in [0.15, 0.2) is 42.5 Å². The summed E-state index contributed by atoms with van der Waals surface area (Å²) in [5.41, 5.74) is 2.77. The summed E-state index contributed by atoms with van der Waals surface area (Å²) in [7, 11) is 1.32. The number of hydrogen-bond donors (Lipinski definition) is 0. The fourth-order valence-electron chi connectivity index (χ4n) is 4.60. The SMILES string of the molecule is COC(=O)c1ccc2c(c1)nc(-c1ccc(OC(F)(F)F)cc1)n2[C@H]1CCCC(C)(C)C1. The van der Waals surface area contributed by atoms with E-state index in [2.05, 4.69) is 23.2 Å². The Morgan fingerprint density at radius 2 is 1.88 bits per heavy atom. The van der Waals surface area contributed by atoms with Crippen molar-refractivity contribution in [2.75, 3.05) is 7.11 Å². The van der Waals surface area contributed by atoms with Crippen LogP contribution in [0.25, 0.3) is 22.4 Å². The second-order valence-electron chi connectivity index (χ2n) is 8.99. The monoisotopic (exact) mass is 446 g/mol. The molecule has 1 aliphatic carbocycles. The highest BCUT2D eigenvalue weighted by molar-refractivity contribution is 5.94. The molecule has 1 saturated carbocycles. The van der Waals surface area contributed by atoms with E-state index >= 15 is 0 Å². The van der Waals surface area contributed by atoms with Gasteiger partial charge in [-0.2, -0.15) is 0 Å². The van der Waals surface area contributed by atoms with Gasteiger partial charge in [-0.3, -0.25) is 0 Å². The smallest absolute Gasteiger partial charge is 0.465 e. The lowest BCUT2D eigenvalue weighted by Crippen LogP contribution is -2.25. The molecule has 0 amide bonds. The first-order valence-corrected chi connectivity index (χ1v) is 10.5. The lowest BCUT2D eigenvalue weighted by atomic mass is 9.75. The van der Waals surface area contributed by atoms with Crippen molar-refractivity contribution in [3.05, 3.63) is 48.0 Å². The molecule has 0 radical (unpaired) electrons. The van der Waals surface area contributed by atoms with Crippen molar-refractivity contribution in [2.45, 2.75) is 51.9 Å². The Morgan fingerprint density at radius 3 is 2.50 bits per heavy atom. The van der Waals surface area contributed by atoms with Gasteiger partial charge in [0.25, 0.3) is 0 Å². The molecule has 1 atom stereocenters. The van der Waals surface area contributed by atoms with E-state index in [0.717, 1.165) is 31.2 Å². The highest BCUT2D eigenvalue weighted by atomic mass is 19.4. The van der Waals surface area contributed by atoms with Gasteiger partial charge in [0.2, 0.25) is 0 Å². The molecule has 1 heterocycles. The van der Waals surface area contributed by atoms with Crippen molar-refractivity contribution in [3.8, 4) is 17.1 Å². The average Bonchev–Trinajstić information content (AvgIpc) is 3.10. The van der Waals surface area contributed by atoms with Crippen molar-refractivity contribution >= 4 is 17.0 Å². The summed E-state index contributed by atoms with van der Waals surface area (Å²) in [6.07, 6.45) is -0.584. The van der Waals surface area contributed by atoms with Crippen molar-refractivity contribution in [1.82, 2.24) is 9.55 Å². The number of ether oxygens (including phenoxy) is 2. The normalized spacial score (nSPS) is 18.5. The number of rotatable bonds is 4. The van der Waals surface area contributed by atoms with E-state index in [1.165, 1.54) is 19.2 Å². The van der Waals surface area contributed by atoms with Crippen molar-refractivity contribution < 1.29 is 27.4 Å². The van der Waals surface area contributed by atoms with Gasteiger partial charge in [0, 0.05) is 11.6 Å². The number of esters is 1. The molecule has 8 heteroatoms. The minimum Gasteiger partial charge on any atom is -0.465 e. The third-order valence-electron chi connectivity index (χ3n) is 6.00. The van der Waals surface area contributed by atoms with Crippen molar-refractivity contribution in [1.29, 1.82) is 0 Å². The molecular formula is C24H25F3N2O3. The molecule has 0 bridgehead atoms. The summed E-state index contributed by atoms with van der Waals surface area (Å²) in [5.74, 6) is -0.0746. The quantitative estimate of drug-likeness (QED) is 0.428. The second-order valence-corrected chi connectivity index (χ2v) is 8.99. The molecule has 0 spiro atoms. The molecule has 1 fully saturated rings. The number of imidazole rings is 1. The van der Waals surface area contributed by atoms with E-state index in [0.29, 0.717) is 22.5 Å². The summed E-state index contributed by atoms with van der Waals surface area (Å²) in [5, 5.41) is 0. The number of nitrogens with zero attached hydrogens (tertiary/aromatic N) is 2. The third-order valence-corrected chi connectivity index (χ3v) is 6.00. The Balaban J connectivity index is 1.82. The van der Waals surface area contributed by atoms with E-state index in [1.54, 1.807) is 24.3 Å². The van der Waals surface area contributed by atoms with E-state index in [-0.39, 0.29) is 17.2 Å². The molecule has 3 aromatic rings. The zero-order chi connectivity index (χ0) is 23.1. The van der Waals surface area contributed by atoms with E-state index in [9.17, 15) is 18.0 Å². The molecule has 4 rings (SSSR count). The minimum atomic E-state index is -4.74. The average molecular weight is 446 g/mol. The van der Waals surface area contributed by atoms with Crippen LogP contribution in [-0.2, 0) is 4.74 Å². The van der Waals surface area contributed by atoms with Crippen LogP contribution < -0.4 is 4.74 Å². The number of halogens is 3. The number of carbonyl (C=O) groups is 1. The Labute approximate surface area is 184 Å². The summed E-state index contributed by atoms with van der Waals surface area (Å²) >= 11 is 0. The van der Waals surface area contributed by atoms with Crippen LogP contribution >= 0.6 is 0 Å². The van der Waals surface area contributed by atoms with Gasteiger partial charge in [-0.15, -0.1) is 13.2 Å². The maximum absolute atomic E-state index is 12.5. The predicted molar refractivity (Wildman–Crippen MR) is 114 cm³/mol. The van der Waals surface area contributed by atoms with Gasteiger partial charge in [0.1, 0.15) is 11.6 Å². The zero-order valence-electron chi connectivity index (χ0n) is 18.2. The number of hydrogen-bond acceptors (Lipinski definition) is 4. The highest BCUT2D eigenvalue weighted by Gasteiger charge is 2.32. The zero-order valence-corrected chi connectivity index (χ0v) is 18.2. The molecule has 0 aliphatic heterocycles. The van der Waals surface area contributed by atoms with E-state index in [4.69, 9.17) is 9.72 Å². The Bertz CT molecular complexity index is 1130. The fraction of sp³-hybridized carbons (Fsp3) is 0.417. The van der Waals surface area contributed by atoms with Gasteiger partial charge in [0.05, 0.1) is 23.7 Å². The molecule has 170 valence electrons. The standard InChI is InChI=1S/C24H25F3N2O3/c1-23(2)12-4-5-17(14-23)29-20-11-8-16(22(30)31-3)13-19(20)28-21(29)15-6-9-18(10-7-15)32-24(25,26)27/h6-11,13,17H,4-5,12,14H2,1-3H3/t17-/m0/s1. The van der Waals surface area contributed by atoms with Gasteiger partial charge in [-0.05, 0) is 67.1 Å². The lowest BCUT2D eigenvalue weighted by Gasteiger charge is -2.36. The topological polar surface area (TPSA) is 53.4 Å². The highest BCUT2D eigenvalue weighted by Crippen LogP contribution is 2.44. The number of carbonyl (C=O) groups excluding carboxylic acids is 1. The Hall–Kier alpha value is -3.03. The van der Waals surface area contributed by atoms with Crippen LogP contribution in [0.2, 0.25) is 0 Å². The molecule has 32 heavy (non-hydrogen) atoms. The molecule has 2 aromatic carbocycles. The number of aromatic nitrogens is 2. The lowest BCUT2D eigenvalue weighted by molar-refractivity contribution is -0.274. The Morgan fingerprint density at radius 1 is 1.16 bits per heavy atom. The number of fused-ring (bicyclic) bond motifs is 1. The van der Waals surface area contributed by atoms with Crippen LogP contribution in [0.5, 0.6) is 5.75 Å². The number of methoxy groups -OCH3 is 1. The summed E-state index contributed by atoms with van der Waals surface area (Å²) < 4.78 is 48.6. The first kappa shape index (κ1) is 22.2. The van der Waals surface area contributed by atoms with Gasteiger partial charge >= 0.3 is 12.3 Å². The fourth-order valence-corrected chi connectivity index (χ4v) is 4.60. The van der Waals surface area contributed by atoms with Gasteiger partial charge < -0.3 is 14.0 Å². The molecular weight excluding hydrogens is 421 g/mol. The Kier molecular flexibility index (Phi) is 5.65. The molecule has 5 nitrogen and oxygen atoms in total. The molecule has 0 N–H and O–H groups in total. The van der Waals surface area contributed by atoms with E-state index < -0.39 is 12.3 Å². The third kappa shape index (κ3) is 4.59. The van der Waals surface area contributed by atoms with Crippen molar-refractivity contribution in [3.63, 3.8) is 0 Å². The van der Waals surface area contributed by atoms with Crippen LogP contribution in [-0.4, -0.2) is 29.0 Å². The first-order chi connectivity index (χ1) is 15.1. The summed E-state index contributed by atoms with van der Waals surface area (Å²) in [4.78, 5) is 16.8. The first-order valence-electron chi connectivity index (χ1n) is 10.5. The molecule has 1 aliphatic rings. The summed E-state index contributed by atoms with van der Waals surface area (Å²) in [6, 6.07) is 11.2.